The Hall–Kier alpha value is -1.64. The molecule has 1 aliphatic heterocycles. The van der Waals surface area contributed by atoms with E-state index < -0.39 is 0 Å². The first-order valence-corrected chi connectivity index (χ1v) is 6.52. The molecule has 0 bridgehead atoms. The van der Waals surface area contributed by atoms with Crippen LogP contribution in [-0.2, 0) is 11.8 Å². The van der Waals surface area contributed by atoms with E-state index in [1.54, 1.807) is 5.01 Å². The normalized spacial score (nSPS) is 21.2. The first-order valence-electron chi connectivity index (χ1n) is 6.52. The topological polar surface area (TPSA) is 39.5 Å². The van der Waals surface area contributed by atoms with Crippen molar-refractivity contribution in [2.75, 3.05) is 5.01 Å². The Morgan fingerprint density at radius 3 is 2.78 bits per heavy atom. The van der Waals surface area contributed by atoms with Crippen molar-refractivity contribution < 1.29 is 0 Å². The van der Waals surface area contributed by atoms with Crippen molar-refractivity contribution in [2.45, 2.75) is 45.4 Å². The Balaban J connectivity index is 2.03. The number of fused-ring (bicyclic) bond motifs is 1. The predicted molar refractivity (Wildman–Crippen MR) is 75.7 cm³/mol. The fourth-order valence-corrected chi connectivity index (χ4v) is 2.92. The maximum atomic E-state index is 7.98. The van der Waals surface area contributed by atoms with E-state index in [0.29, 0.717) is 12.3 Å². The van der Waals surface area contributed by atoms with Crippen molar-refractivity contribution in [2.24, 2.45) is 5.10 Å². The van der Waals surface area contributed by atoms with E-state index >= 15 is 0 Å². The third-order valence-corrected chi connectivity index (χ3v) is 4.04. The molecule has 0 atom stereocenters. The Bertz CT molecular complexity index is 555. The summed E-state index contributed by atoms with van der Waals surface area (Å²) in [6, 6.07) is 6.52. The van der Waals surface area contributed by atoms with Crippen molar-refractivity contribution in [1.82, 2.24) is 0 Å². The SMILES string of the molecule is CC1=NN(c2ccc3c(c2)C(C)(C)CC3)C(=N)C1. The Kier molecular flexibility index (Phi) is 2.34. The molecule has 2 aliphatic rings. The van der Waals surface area contributed by atoms with Gasteiger partial charge in [0, 0.05) is 12.1 Å². The summed E-state index contributed by atoms with van der Waals surface area (Å²) in [5, 5.41) is 14.2. The summed E-state index contributed by atoms with van der Waals surface area (Å²) >= 11 is 0. The van der Waals surface area contributed by atoms with Gasteiger partial charge in [-0.15, -0.1) is 0 Å². The summed E-state index contributed by atoms with van der Waals surface area (Å²) in [6.45, 7) is 6.57. The number of amidine groups is 1. The van der Waals surface area contributed by atoms with Gasteiger partial charge in [-0.1, -0.05) is 19.9 Å². The van der Waals surface area contributed by atoms with Gasteiger partial charge in [-0.05, 0) is 48.4 Å². The van der Waals surface area contributed by atoms with Gasteiger partial charge in [0.05, 0.1) is 5.69 Å². The van der Waals surface area contributed by atoms with Gasteiger partial charge in [-0.25, -0.2) is 5.01 Å². The van der Waals surface area contributed by atoms with Crippen molar-refractivity contribution in [1.29, 1.82) is 5.41 Å². The summed E-state index contributed by atoms with van der Waals surface area (Å²) in [7, 11) is 0. The van der Waals surface area contributed by atoms with Gasteiger partial charge in [-0.3, -0.25) is 5.41 Å². The highest BCUT2D eigenvalue weighted by molar-refractivity contribution is 6.13. The van der Waals surface area contributed by atoms with Crippen molar-refractivity contribution in [3.8, 4) is 0 Å². The van der Waals surface area contributed by atoms with E-state index in [1.807, 2.05) is 6.92 Å². The lowest BCUT2D eigenvalue weighted by molar-refractivity contribution is 0.522. The average Bonchev–Trinajstić information content (AvgIpc) is 2.79. The maximum absolute atomic E-state index is 7.98. The van der Waals surface area contributed by atoms with E-state index in [-0.39, 0.29) is 5.41 Å². The van der Waals surface area contributed by atoms with Crippen LogP contribution in [0.5, 0.6) is 0 Å². The molecule has 0 aromatic heterocycles. The van der Waals surface area contributed by atoms with Crippen molar-refractivity contribution in [3.05, 3.63) is 29.3 Å². The number of nitrogens with one attached hydrogen (secondary N) is 1. The number of rotatable bonds is 1. The largest absolute Gasteiger partial charge is 0.286 e. The first kappa shape index (κ1) is 11.5. The lowest BCUT2D eigenvalue weighted by Crippen LogP contribution is -2.20. The van der Waals surface area contributed by atoms with Crippen molar-refractivity contribution in [3.63, 3.8) is 0 Å². The zero-order chi connectivity index (χ0) is 12.9. The second-order valence-corrected chi connectivity index (χ2v) is 6.00. The molecule has 3 nitrogen and oxygen atoms in total. The molecule has 1 aliphatic carbocycles. The molecule has 1 heterocycles. The van der Waals surface area contributed by atoms with E-state index in [0.717, 1.165) is 11.4 Å². The molecule has 3 rings (SSSR count). The summed E-state index contributed by atoms with van der Waals surface area (Å²) in [6.07, 6.45) is 3.05. The van der Waals surface area contributed by atoms with Gasteiger partial charge in [-0.2, -0.15) is 5.10 Å². The van der Waals surface area contributed by atoms with E-state index in [1.165, 1.54) is 24.0 Å². The fraction of sp³-hybridized carbons (Fsp3) is 0.467. The van der Waals surface area contributed by atoms with Crippen LogP contribution in [0.3, 0.4) is 0 Å². The highest BCUT2D eigenvalue weighted by Gasteiger charge is 2.31. The van der Waals surface area contributed by atoms with Crippen LogP contribution in [0.1, 0.15) is 44.7 Å². The number of anilines is 1. The van der Waals surface area contributed by atoms with Crippen LogP contribution in [0.4, 0.5) is 5.69 Å². The lowest BCUT2D eigenvalue weighted by Gasteiger charge is -2.21. The Morgan fingerprint density at radius 2 is 2.11 bits per heavy atom. The van der Waals surface area contributed by atoms with Crippen LogP contribution in [0, 0.1) is 5.41 Å². The summed E-state index contributed by atoms with van der Waals surface area (Å²) in [5.41, 5.74) is 5.18. The van der Waals surface area contributed by atoms with Crippen LogP contribution in [-0.4, -0.2) is 11.5 Å². The fourth-order valence-electron chi connectivity index (χ4n) is 2.92. The molecule has 1 aromatic rings. The minimum Gasteiger partial charge on any atom is -0.286 e. The van der Waals surface area contributed by atoms with Crippen LogP contribution in [0.2, 0.25) is 0 Å². The summed E-state index contributed by atoms with van der Waals surface area (Å²) < 4.78 is 0. The number of nitrogens with zero attached hydrogens (tertiary/aromatic N) is 2. The second kappa shape index (κ2) is 3.67. The molecule has 18 heavy (non-hydrogen) atoms. The van der Waals surface area contributed by atoms with Crippen LogP contribution in [0.25, 0.3) is 0 Å². The quantitative estimate of drug-likeness (QED) is 0.803. The van der Waals surface area contributed by atoms with Crippen LogP contribution >= 0.6 is 0 Å². The monoisotopic (exact) mass is 241 g/mol. The van der Waals surface area contributed by atoms with E-state index in [2.05, 4.69) is 37.1 Å². The third kappa shape index (κ3) is 1.65. The average molecular weight is 241 g/mol. The van der Waals surface area contributed by atoms with E-state index in [4.69, 9.17) is 5.41 Å². The molecule has 0 amide bonds. The minimum absolute atomic E-state index is 0.256. The molecular weight excluding hydrogens is 222 g/mol. The highest BCUT2D eigenvalue weighted by atomic mass is 15.5. The predicted octanol–water partition coefficient (Wildman–Crippen LogP) is 3.47. The lowest BCUT2D eigenvalue weighted by atomic mass is 9.86. The molecule has 0 fully saturated rings. The molecule has 1 aromatic carbocycles. The molecule has 0 saturated heterocycles. The van der Waals surface area contributed by atoms with Crippen LogP contribution in [0.15, 0.2) is 23.3 Å². The smallest absolute Gasteiger partial charge is 0.128 e. The van der Waals surface area contributed by atoms with Crippen molar-refractivity contribution >= 4 is 17.2 Å². The van der Waals surface area contributed by atoms with Gasteiger partial charge in [0.2, 0.25) is 0 Å². The van der Waals surface area contributed by atoms with Gasteiger partial charge < -0.3 is 0 Å². The third-order valence-electron chi connectivity index (χ3n) is 4.04. The number of hydrogen-bond donors (Lipinski definition) is 1. The standard InChI is InChI=1S/C15H19N3/c1-10-8-14(16)18(17-10)12-5-4-11-6-7-15(2,3)13(11)9-12/h4-5,9,16H,6-8H2,1-3H3. The molecule has 0 spiro atoms. The van der Waals surface area contributed by atoms with Crippen LogP contribution < -0.4 is 5.01 Å². The first-order chi connectivity index (χ1) is 8.47. The second-order valence-electron chi connectivity index (χ2n) is 6.00. The van der Waals surface area contributed by atoms with Gasteiger partial charge in [0.25, 0.3) is 0 Å². The van der Waals surface area contributed by atoms with Gasteiger partial charge in [0.15, 0.2) is 0 Å². The molecule has 1 N–H and O–H groups in total. The van der Waals surface area contributed by atoms with Gasteiger partial charge in [0.1, 0.15) is 5.84 Å². The number of hydrazone groups is 1. The Morgan fingerprint density at radius 1 is 1.33 bits per heavy atom. The zero-order valence-electron chi connectivity index (χ0n) is 11.2. The molecule has 0 saturated carbocycles. The maximum Gasteiger partial charge on any atom is 0.128 e. The summed E-state index contributed by atoms with van der Waals surface area (Å²) in [4.78, 5) is 0. The van der Waals surface area contributed by atoms with E-state index in [9.17, 15) is 0 Å². The summed E-state index contributed by atoms with van der Waals surface area (Å²) in [5.74, 6) is 0.572. The number of benzene rings is 1. The molecule has 0 radical (unpaired) electrons. The highest BCUT2D eigenvalue weighted by Crippen LogP contribution is 2.40. The molecule has 94 valence electrons. The van der Waals surface area contributed by atoms with Gasteiger partial charge >= 0.3 is 0 Å². The number of hydrogen-bond acceptors (Lipinski definition) is 2. The zero-order valence-corrected chi connectivity index (χ0v) is 11.2. The molecular formula is C15H19N3. The molecule has 0 unspecified atom stereocenters. The Labute approximate surface area is 108 Å². The molecule has 3 heteroatoms. The minimum atomic E-state index is 0.256. The number of aryl methyl sites for hydroxylation is 1.